The third-order valence-corrected chi connectivity index (χ3v) is 2.70. The van der Waals surface area contributed by atoms with Crippen LogP contribution in [0.15, 0.2) is 42.8 Å². The average Bonchev–Trinajstić information content (AvgIpc) is 2.29. The van der Waals surface area contributed by atoms with Gasteiger partial charge in [-0.25, -0.2) is 0 Å². The van der Waals surface area contributed by atoms with E-state index in [0.717, 1.165) is 0 Å². The minimum atomic E-state index is 0.352. The van der Waals surface area contributed by atoms with Gasteiger partial charge in [-0.3, -0.25) is 0 Å². The molecule has 0 saturated heterocycles. The van der Waals surface area contributed by atoms with E-state index in [0.29, 0.717) is 12.8 Å². The van der Waals surface area contributed by atoms with Crippen LogP contribution in [0, 0.1) is 0 Å². The number of hydrogen-bond acceptors (Lipinski definition) is 2. The van der Waals surface area contributed by atoms with E-state index in [-0.39, 0.29) is 0 Å². The van der Waals surface area contributed by atoms with Crippen molar-refractivity contribution in [2.45, 2.75) is 6.04 Å². The SMILES string of the molecule is C1=CC2c3ccccc3C=CN2CO1. The molecule has 14 heavy (non-hydrogen) atoms. The van der Waals surface area contributed by atoms with Crippen molar-refractivity contribution in [3.8, 4) is 0 Å². The summed E-state index contributed by atoms with van der Waals surface area (Å²) in [6.07, 6.45) is 8.10. The Morgan fingerprint density at radius 3 is 3.21 bits per heavy atom. The summed E-state index contributed by atoms with van der Waals surface area (Å²) >= 11 is 0. The third kappa shape index (κ3) is 1.04. The fourth-order valence-corrected chi connectivity index (χ4v) is 1.98. The van der Waals surface area contributed by atoms with Crippen molar-refractivity contribution in [1.29, 1.82) is 0 Å². The van der Waals surface area contributed by atoms with Crippen molar-refractivity contribution < 1.29 is 4.74 Å². The summed E-state index contributed by atoms with van der Waals surface area (Å²) in [6, 6.07) is 8.82. The van der Waals surface area contributed by atoms with Crippen LogP contribution in [0.25, 0.3) is 6.08 Å². The second kappa shape index (κ2) is 2.91. The van der Waals surface area contributed by atoms with E-state index in [2.05, 4.69) is 47.5 Å². The van der Waals surface area contributed by atoms with Crippen molar-refractivity contribution >= 4 is 6.08 Å². The molecular formula is C12H11NO. The molecule has 2 aliphatic rings. The Morgan fingerprint density at radius 1 is 1.29 bits per heavy atom. The van der Waals surface area contributed by atoms with Crippen LogP contribution in [0.3, 0.4) is 0 Å². The summed E-state index contributed by atoms with van der Waals surface area (Å²) in [7, 11) is 0. The highest BCUT2D eigenvalue weighted by molar-refractivity contribution is 5.57. The molecule has 1 unspecified atom stereocenters. The van der Waals surface area contributed by atoms with Gasteiger partial charge >= 0.3 is 0 Å². The lowest BCUT2D eigenvalue weighted by Crippen LogP contribution is -2.29. The largest absolute Gasteiger partial charge is 0.481 e. The van der Waals surface area contributed by atoms with Crippen LogP contribution in [-0.2, 0) is 4.74 Å². The van der Waals surface area contributed by atoms with Gasteiger partial charge in [0.25, 0.3) is 0 Å². The number of hydrogen-bond donors (Lipinski definition) is 0. The maximum Gasteiger partial charge on any atom is 0.160 e. The zero-order valence-corrected chi connectivity index (χ0v) is 7.76. The molecule has 2 heteroatoms. The van der Waals surface area contributed by atoms with Crippen LogP contribution in [0.4, 0.5) is 0 Å². The molecule has 0 fully saturated rings. The molecule has 3 rings (SSSR count). The van der Waals surface area contributed by atoms with Crippen LogP contribution < -0.4 is 0 Å². The highest BCUT2D eigenvalue weighted by Crippen LogP contribution is 2.32. The van der Waals surface area contributed by atoms with Gasteiger partial charge in [-0.05, 0) is 23.3 Å². The molecule has 1 aromatic carbocycles. The van der Waals surface area contributed by atoms with Gasteiger partial charge in [-0.15, -0.1) is 0 Å². The Labute approximate surface area is 83.1 Å². The second-order valence-electron chi connectivity index (χ2n) is 3.53. The fourth-order valence-electron chi connectivity index (χ4n) is 1.98. The first-order chi connectivity index (χ1) is 6.95. The maximum absolute atomic E-state index is 5.25. The average molecular weight is 185 g/mol. The van der Waals surface area contributed by atoms with E-state index in [1.165, 1.54) is 11.1 Å². The minimum absolute atomic E-state index is 0.352. The first-order valence-corrected chi connectivity index (χ1v) is 4.76. The Kier molecular flexibility index (Phi) is 1.60. The maximum atomic E-state index is 5.25. The predicted octanol–water partition coefficient (Wildman–Crippen LogP) is 2.52. The van der Waals surface area contributed by atoms with Gasteiger partial charge in [0.05, 0.1) is 12.3 Å². The zero-order valence-electron chi connectivity index (χ0n) is 7.76. The Hall–Kier alpha value is -1.70. The van der Waals surface area contributed by atoms with Gasteiger partial charge in [0.15, 0.2) is 6.73 Å². The molecule has 0 aliphatic carbocycles. The van der Waals surface area contributed by atoms with E-state index in [1.807, 2.05) is 0 Å². The van der Waals surface area contributed by atoms with Crippen LogP contribution in [0.5, 0.6) is 0 Å². The number of nitrogens with zero attached hydrogens (tertiary/aromatic N) is 1. The Balaban J connectivity index is 2.13. The molecule has 0 aromatic heterocycles. The summed E-state index contributed by atoms with van der Waals surface area (Å²) in [5.74, 6) is 0. The van der Waals surface area contributed by atoms with Crippen LogP contribution in [0.1, 0.15) is 17.2 Å². The molecule has 0 amide bonds. The molecule has 0 radical (unpaired) electrons. The van der Waals surface area contributed by atoms with Crippen LogP contribution in [0.2, 0.25) is 0 Å². The molecule has 1 aromatic rings. The molecule has 0 saturated carbocycles. The van der Waals surface area contributed by atoms with E-state index in [9.17, 15) is 0 Å². The second-order valence-corrected chi connectivity index (χ2v) is 3.53. The molecule has 70 valence electrons. The predicted molar refractivity (Wildman–Crippen MR) is 55.1 cm³/mol. The van der Waals surface area contributed by atoms with E-state index >= 15 is 0 Å². The molecule has 0 N–H and O–H groups in total. The fraction of sp³-hybridized carbons (Fsp3) is 0.167. The van der Waals surface area contributed by atoms with Crippen molar-refractivity contribution in [3.05, 3.63) is 53.9 Å². The lowest BCUT2D eigenvalue weighted by atomic mass is 9.96. The van der Waals surface area contributed by atoms with E-state index < -0.39 is 0 Å². The zero-order chi connectivity index (χ0) is 9.38. The number of fused-ring (bicyclic) bond motifs is 3. The Morgan fingerprint density at radius 2 is 2.21 bits per heavy atom. The van der Waals surface area contributed by atoms with E-state index in [4.69, 9.17) is 4.74 Å². The molecule has 0 bridgehead atoms. The lowest BCUT2D eigenvalue weighted by molar-refractivity contribution is 0.0877. The number of rotatable bonds is 0. The first-order valence-electron chi connectivity index (χ1n) is 4.76. The van der Waals surface area contributed by atoms with Gasteiger partial charge < -0.3 is 9.64 Å². The molecule has 0 spiro atoms. The molecule has 1 atom stereocenters. The summed E-state index contributed by atoms with van der Waals surface area (Å²) in [6.45, 7) is 0.645. The van der Waals surface area contributed by atoms with Gasteiger partial charge in [-0.2, -0.15) is 0 Å². The summed E-state index contributed by atoms with van der Waals surface area (Å²) in [5.41, 5.74) is 2.66. The normalized spacial score (nSPS) is 22.6. The monoisotopic (exact) mass is 185 g/mol. The number of ether oxygens (including phenoxy) is 1. The first kappa shape index (κ1) is 7.68. The van der Waals surface area contributed by atoms with Gasteiger partial charge in [-0.1, -0.05) is 24.3 Å². The molecule has 2 nitrogen and oxygen atoms in total. The lowest BCUT2D eigenvalue weighted by Gasteiger charge is -2.34. The summed E-state index contributed by atoms with van der Waals surface area (Å²) in [5, 5.41) is 0. The van der Waals surface area contributed by atoms with Crippen LogP contribution in [-0.4, -0.2) is 11.6 Å². The standard InChI is InChI=1S/C12H11NO/c1-2-4-11-10(3-1)5-7-13-9-14-8-6-12(11)13/h1-8,12H,9H2. The van der Waals surface area contributed by atoms with E-state index in [1.54, 1.807) is 6.26 Å². The van der Waals surface area contributed by atoms with Crippen molar-refractivity contribution in [2.75, 3.05) is 6.73 Å². The minimum Gasteiger partial charge on any atom is -0.481 e. The molecular weight excluding hydrogens is 174 g/mol. The quantitative estimate of drug-likeness (QED) is 0.615. The Bertz CT molecular complexity index is 409. The molecule has 2 aliphatic heterocycles. The van der Waals surface area contributed by atoms with Crippen molar-refractivity contribution in [3.63, 3.8) is 0 Å². The highest BCUT2D eigenvalue weighted by Gasteiger charge is 2.22. The van der Waals surface area contributed by atoms with Gasteiger partial charge in [0.1, 0.15) is 0 Å². The van der Waals surface area contributed by atoms with Gasteiger partial charge in [0.2, 0.25) is 0 Å². The molecule has 2 heterocycles. The number of benzene rings is 1. The van der Waals surface area contributed by atoms with Gasteiger partial charge in [0, 0.05) is 6.20 Å². The van der Waals surface area contributed by atoms with Crippen molar-refractivity contribution in [2.24, 2.45) is 0 Å². The summed E-state index contributed by atoms with van der Waals surface area (Å²) < 4.78 is 5.25. The smallest absolute Gasteiger partial charge is 0.160 e. The third-order valence-electron chi connectivity index (χ3n) is 2.70. The summed E-state index contributed by atoms with van der Waals surface area (Å²) in [4.78, 5) is 2.18. The van der Waals surface area contributed by atoms with Crippen LogP contribution >= 0.6 is 0 Å². The topological polar surface area (TPSA) is 12.5 Å². The van der Waals surface area contributed by atoms with Crippen molar-refractivity contribution in [1.82, 2.24) is 4.90 Å². The highest BCUT2D eigenvalue weighted by atomic mass is 16.5.